The number of carbonyl (C=O) groups excluding carboxylic acids is 2. The van der Waals surface area contributed by atoms with Crippen molar-refractivity contribution >= 4 is 23.4 Å². The van der Waals surface area contributed by atoms with E-state index in [0.717, 1.165) is 0 Å². The molecule has 0 unspecified atom stereocenters. The number of cyclic esters (lactones) is 1. The Hall–Kier alpha value is -2.63. The van der Waals surface area contributed by atoms with Gasteiger partial charge in [-0.15, -0.1) is 0 Å². The quantitative estimate of drug-likeness (QED) is 0.750. The molecule has 142 valence electrons. The average Bonchev–Trinajstić information content (AvgIpc) is 2.85. The van der Waals surface area contributed by atoms with Gasteiger partial charge < -0.3 is 24.6 Å². The Morgan fingerprint density at radius 3 is 2.23 bits per heavy atom. The van der Waals surface area contributed by atoms with Gasteiger partial charge >= 0.3 is 12.3 Å². The molecule has 0 radical (unpaired) electrons. The second kappa shape index (κ2) is 5.69. The van der Waals surface area contributed by atoms with E-state index in [1.165, 1.54) is 0 Å². The molecule has 2 fully saturated rings. The largest absolute Gasteiger partial charge is 0.546 e. The van der Waals surface area contributed by atoms with E-state index in [0.29, 0.717) is 21.9 Å². The molecule has 1 aromatic rings. The number of alkyl halides is 3. The van der Waals surface area contributed by atoms with Crippen LogP contribution in [0.15, 0.2) is 12.1 Å². The molecule has 1 amide bonds. The van der Waals surface area contributed by atoms with E-state index in [9.17, 15) is 41.8 Å². The minimum atomic E-state index is -4.95. The van der Waals surface area contributed by atoms with Crippen molar-refractivity contribution in [2.75, 3.05) is 29.4 Å². The molecule has 12 heteroatoms. The lowest BCUT2D eigenvalue weighted by molar-refractivity contribution is -0.313. The van der Waals surface area contributed by atoms with Gasteiger partial charge in [-0.25, -0.2) is 13.6 Å². The molecule has 0 spiro atoms. The van der Waals surface area contributed by atoms with Crippen LogP contribution in [0.1, 0.15) is 0 Å². The summed E-state index contributed by atoms with van der Waals surface area (Å²) in [7, 11) is 0. The average molecular weight is 381 g/mol. The van der Waals surface area contributed by atoms with Crippen LogP contribution in [0.3, 0.4) is 0 Å². The number of benzene rings is 1. The lowest BCUT2D eigenvalue weighted by atomic mass is 9.92. The maximum absolute atomic E-state index is 14.2. The SMILES string of the molecule is O=C([O-])[C@H]1CN(c2cc(F)c(N3CC(O)(C(F)(F)F)C3)c(F)c2)C(=O)O1. The fourth-order valence-electron chi connectivity index (χ4n) is 2.73. The van der Waals surface area contributed by atoms with Gasteiger partial charge in [0.2, 0.25) is 0 Å². The standard InChI is InChI=1S/C14H11F5N2O5/c15-7-1-6(21-3-9(11(22)23)26-12(21)24)2-8(16)10(7)20-4-13(25,5-20)14(17,18)19/h1-2,9,25H,3-5H2,(H,22,23)/p-1/t9-/m1/s1. The van der Waals surface area contributed by atoms with Gasteiger partial charge in [0.25, 0.3) is 0 Å². The molecule has 1 N–H and O–H groups in total. The summed E-state index contributed by atoms with van der Waals surface area (Å²) in [4.78, 5) is 23.6. The Kier molecular flexibility index (Phi) is 3.98. The number of halogens is 5. The molecular formula is C14H10F5N2O5-. The van der Waals surface area contributed by atoms with Crippen molar-refractivity contribution < 1.29 is 46.5 Å². The van der Waals surface area contributed by atoms with Crippen LogP contribution in [0, 0.1) is 11.6 Å². The third kappa shape index (κ3) is 2.79. The summed E-state index contributed by atoms with van der Waals surface area (Å²) < 4.78 is 70.7. The third-order valence-corrected chi connectivity index (χ3v) is 4.14. The van der Waals surface area contributed by atoms with Crippen LogP contribution >= 0.6 is 0 Å². The van der Waals surface area contributed by atoms with Gasteiger partial charge in [-0.2, -0.15) is 13.2 Å². The van der Waals surface area contributed by atoms with Crippen LogP contribution in [-0.2, 0) is 9.53 Å². The summed E-state index contributed by atoms with van der Waals surface area (Å²) in [6, 6.07) is 1.31. The molecule has 0 aromatic heterocycles. The Balaban J connectivity index is 1.83. The first-order valence-electron chi connectivity index (χ1n) is 7.15. The molecule has 1 aromatic carbocycles. The first-order valence-corrected chi connectivity index (χ1v) is 7.15. The number of aliphatic carboxylic acids is 1. The van der Waals surface area contributed by atoms with Crippen molar-refractivity contribution in [2.45, 2.75) is 17.9 Å². The van der Waals surface area contributed by atoms with E-state index >= 15 is 0 Å². The predicted octanol–water partition coefficient (Wildman–Crippen LogP) is 0.153. The zero-order valence-electron chi connectivity index (χ0n) is 12.7. The van der Waals surface area contributed by atoms with Crippen molar-refractivity contribution in [1.82, 2.24) is 0 Å². The number of β-amino-alcohol motifs (C(OH)–C–C–N with tert-alkyl or cyclic N) is 1. The van der Waals surface area contributed by atoms with E-state index in [2.05, 4.69) is 4.74 Å². The normalized spacial score (nSPS) is 22.2. The van der Waals surface area contributed by atoms with Crippen LogP contribution in [0.4, 0.5) is 38.1 Å². The Labute approximate surface area is 142 Å². The smallest absolute Gasteiger partial charge is 0.420 e. The summed E-state index contributed by atoms with van der Waals surface area (Å²) in [6.07, 6.45) is -7.73. The minimum absolute atomic E-state index is 0.371. The molecule has 2 aliphatic heterocycles. The van der Waals surface area contributed by atoms with E-state index in [4.69, 9.17) is 0 Å². The molecule has 7 nitrogen and oxygen atoms in total. The molecule has 26 heavy (non-hydrogen) atoms. The van der Waals surface area contributed by atoms with Gasteiger partial charge in [0.05, 0.1) is 31.3 Å². The summed E-state index contributed by atoms with van der Waals surface area (Å²) in [6.45, 7) is -2.65. The van der Waals surface area contributed by atoms with E-state index in [-0.39, 0.29) is 5.69 Å². The highest BCUT2D eigenvalue weighted by Crippen LogP contribution is 2.42. The summed E-state index contributed by atoms with van der Waals surface area (Å²) >= 11 is 0. The fraction of sp³-hybridized carbons (Fsp3) is 0.429. The number of amides is 1. The molecule has 2 aliphatic rings. The highest BCUT2D eigenvalue weighted by atomic mass is 19.4. The van der Waals surface area contributed by atoms with Crippen molar-refractivity contribution in [3.05, 3.63) is 23.8 Å². The number of carboxylic acid groups (broad SMARTS) is 1. The van der Waals surface area contributed by atoms with Gasteiger partial charge in [-0.1, -0.05) is 0 Å². The first kappa shape index (κ1) is 18.2. The minimum Gasteiger partial charge on any atom is -0.546 e. The molecule has 3 rings (SSSR count). The highest BCUT2D eigenvalue weighted by Gasteiger charge is 2.61. The number of hydrogen-bond donors (Lipinski definition) is 1. The van der Waals surface area contributed by atoms with Gasteiger partial charge in [0, 0.05) is 12.1 Å². The van der Waals surface area contributed by atoms with Crippen molar-refractivity contribution in [3.8, 4) is 0 Å². The topological polar surface area (TPSA) is 93.1 Å². The summed E-state index contributed by atoms with van der Waals surface area (Å²) in [5, 5.41) is 20.1. The molecule has 0 bridgehead atoms. The van der Waals surface area contributed by atoms with E-state index in [1.807, 2.05) is 0 Å². The van der Waals surface area contributed by atoms with Gasteiger partial charge in [0.15, 0.2) is 23.3 Å². The lowest BCUT2D eigenvalue weighted by Crippen LogP contribution is -2.69. The summed E-state index contributed by atoms with van der Waals surface area (Å²) in [5.41, 5.74) is -4.24. The maximum Gasteiger partial charge on any atom is 0.420 e. The van der Waals surface area contributed by atoms with Crippen LogP contribution in [-0.4, -0.2) is 54.7 Å². The van der Waals surface area contributed by atoms with Crippen molar-refractivity contribution in [1.29, 1.82) is 0 Å². The second-order valence-electron chi connectivity index (χ2n) is 5.95. The van der Waals surface area contributed by atoms with Crippen LogP contribution < -0.4 is 14.9 Å². The van der Waals surface area contributed by atoms with E-state index < -0.39 is 66.9 Å². The Morgan fingerprint density at radius 2 is 1.81 bits per heavy atom. The molecule has 2 heterocycles. The first-order chi connectivity index (χ1) is 11.9. The maximum atomic E-state index is 14.2. The third-order valence-electron chi connectivity index (χ3n) is 4.14. The zero-order chi connectivity index (χ0) is 19.4. The van der Waals surface area contributed by atoms with Crippen LogP contribution in [0.25, 0.3) is 0 Å². The number of hydrogen-bond acceptors (Lipinski definition) is 6. The zero-order valence-corrected chi connectivity index (χ0v) is 12.7. The lowest BCUT2D eigenvalue weighted by Gasteiger charge is -2.48. The van der Waals surface area contributed by atoms with Crippen LogP contribution in [0.5, 0.6) is 0 Å². The second-order valence-corrected chi connectivity index (χ2v) is 5.95. The number of carboxylic acids is 1. The number of aliphatic hydroxyl groups is 1. The molecular weight excluding hydrogens is 371 g/mol. The number of nitrogens with zero attached hydrogens (tertiary/aromatic N) is 2. The van der Waals surface area contributed by atoms with E-state index in [1.54, 1.807) is 0 Å². The van der Waals surface area contributed by atoms with Crippen molar-refractivity contribution in [2.24, 2.45) is 0 Å². The summed E-state index contributed by atoms with van der Waals surface area (Å²) in [5.74, 6) is -4.26. The molecule has 0 saturated carbocycles. The highest BCUT2D eigenvalue weighted by molar-refractivity contribution is 5.93. The van der Waals surface area contributed by atoms with Gasteiger partial charge in [-0.3, -0.25) is 4.90 Å². The Bertz CT molecular complexity index is 754. The molecule has 2 saturated heterocycles. The van der Waals surface area contributed by atoms with Gasteiger partial charge in [-0.05, 0) is 0 Å². The molecule has 0 aliphatic carbocycles. The number of carbonyl (C=O) groups is 2. The Morgan fingerprint density at radius 1 is 1.27 bits per heavy atom. The molecule has 1 atom stereocenters. The number of anilines is 2. The fourth-order valence-corrected chi connectivity index (χ4v) is 2.73. The monoisotopic (exact) mass is 381 g/mol. The van der Waals surface area contributed by atoms with Crippen LogP contribution in [0.2, 0.25) is 0 Å². The number of rotatable bonds is 3. The van der Waals surface area contributed by atoms with Gasteiger partial charge in [0.1, 0.15) is 5.69 Å². The van der Waals surface area contributed by atoms with Crippen molar-refractivity contribution in [3.63, 3.8) is 0 Å². The predicted molar refractivity (Wildman–Crippen MR) is 72.2 cm³/mol. The number of ether oxygens (including phenoxy) is 1.